The highest BCUT2D eigenvalue weighted by Gasteiger charge is 2.30. The summed E-state index contributed by atoms with van der Waals surface area (Å²) in [5.74, 6) is 3.24. The minimum atomic E-state index is -0.148. The van der Waals surface area contributed by atoms with Crippen molar-refractivity contribution in [2.75, 3.05) is 61.7 Å². The lowest BCUT2D eigenvalue weighted by atomic mass is 9.90. The lowest BCUT2D eigenvalue weighted by Gasteiger charge is -2.33. The third-order valence-corrected chi connectivity index (χ3v) is 9.86. The van der Waals surface area contributed by atoms with Crippen LogP contribution < -0.4 is 18.9 Å². The topological polar surface area (TPSA) is 109 Å². The molecule has 1 fully saturated rings. The van der Waals surface area contributed by atoms with Crippen LogP contribution in [0.3, 0.4) is 0 Å². The second kappa shape index (κ2) is 16.2. The first-order valence-corrected chi connectivity index (χ1v) is 17.3. The van der Waals surface area contributed by atoms with E-state index in [1.165, 1.54) is 21.3 Å². The molecule has 0 spiro atoms. The van der Waals surface area contributed by atoms with Crippen LogP contribution in [0.25, 0.3) is 11.0 Å². The van der Waals surface area contributed by atoms with Crippen LogP contribution in [0.2, 0.25) is 0 Å². The highest BCUT2D eigenvalue weighted by atomic mass is 16.5. The summed E-state index contributed by atoms with van der Waals surface area (Å²) >= 11 is 0. The van der Waals surface area contributed by atoms with Crippen molar-refractivity contribution in [2.45, 2.75) is 31.7 Å². The van der Waals surface area contributed by atoms with Crippen molar-refractivity contribution in [1.29, 1.82) is 0 Å². The van der Waals surface area contributed by atoms with E-state index in [2.05, 4.69) is 17.0 Å². The Bertz CT molecular complexity index is 1900. The zero-order chi connectivity index (χ0) is 35.9. The quantitative estimate of drug-likeness (QED) is 0.113. The maximum absolute atomic E-state index is 13.9. The number of carbonyl (C=O) groups excluding carboxylic acids is 2. The average molecular weight is 695 g/mol. The second-order valence-electron chi connectivity index (χ2n) is 12.9. The number of carbonyl (C=O) groups is 2. The molecule has 0 aliphatic carbocycles. The summed E-state index contributed by atoms with van der Waals surface area (Å²) in [6, 6.07) is 23.1. The molecule has 11 heteroatoms. The lowest BCUT2D eigenvalue weighted by molar-refractivity contribution is 0.0778. The number of amides is 1. The number of furan rings is 1. The molecule has 1 aliphatic heterocycles. The predicted molar refractivity (Wildman–Crippen MR) is 194 cm³/mol. The summed E-state index contributed by atoms with van der Waals surface area (Å²) in [7, 11) is 8.08. The van der Waals surface area contributed by atoms with E-state index < -0.39 is 0 Å². The molecule has 11 nitrogen and oxygen atoms in total. The van der Waals surface area contributed by atoms with Crippen molar-refractivity contribution in [3.05, 3.63) is 102 Å². The van der Waals surface area contributed by atoms with E-state index in [-0.39, 0.29) is 23.5 Å². The highest BCUT2D eigenvalue weighted by molar-refractivity contribution is 5.98. The molecule has 0 bridgehead atoms. The van der Waals surface area contributed by atoms with Gasteiger partial charge in [0.25, 0.3) is 5.91 Å². The van der Waals surface area contributed by atoms with E-state index in [9.17, 15) is 9.59 Å². The Morgan fingerprint density at radius 3 is 2.24 bits per heavy atom. The molecule has 5 aromatic rings. The third-order valence-electron chi connectivity index (χ3n) is 9.86. The van der Waals surface area contributed by atoms with Crippen molar-refractivity contribution >= 4 is 22.7 Å². The maximum Gasteiger partial charge on any atom is 0.253 e. The second-order valence-corrected chi connectivity index (χ2v) is 12.9. The SMILES string of the molecule is COc1ccc(C(CCN2CCC(C(=O)c3nc4ccccc4n3Cc3ccco3)CC2)CN(C)C(=O)c2cc(OC)c(OC)c(OC)c2)cc1. The van der Waals surface area contributed by atoms with Crippen LogP contribution >= 0.6 is 0 Å². The molecule has 0 N–H and O–H groups in total. The van der Waals surface area contributed by atoms with Crippen LogP contribution in [0.15, 0.2) is 83.5 Å². The van der Waals surface area contributed by atoms with Gasteiger partial charge in [-0.1, -0.05) is 24.3 Å². The number of nitrogens with zero attached hydrogens (tertiary/aromatic N) is 4. The van der Waals surface area contributed by atoms with Gasteiger partial charge in [0, 0.05) is 31.0 Å². The number of rotatable bonds is 15. The van der Waals surface area contributed by atoms with Gasteiger partial charge in [-0.25, -0.2) is 4.98 Å². The van der Waals surface area contributed by atoms with Crippen LogP contribution in [0.4, 0.5) is 0 Å². The molecule has 2 aromatic heterocycles. The van der Waals surface area contributed by atoms with Crippen LogP contribution in [0.5, 0.6) is 23.0 Å². The Morgan fingerprint density at radius 2 is 1.61 bits per heavy atom. The summed E-state index contributed by atoms with van der Waals surface area (Å²) in [6.07, 6.45) is 4.00. The minimum absolute atomic E-state index is 0.0627. The third kappa shape index (κ3) is 7.88. The van der Waals surface area contributed by atoms with Crippen molar-refractivity contribution in [3.8, 4) is 23.0 Å². The summed E-state index contributed by atoms with van der Waals surface area (Å²) in [6.45, 7) is 3.41. The van der Waals surface area contributed by atoms with Gasteiger partial charge in [-0.2, -0.15) is 0 Å². The molecule has 1 aliphatic rings. The number of aromatic nitrogens is 2. The molecule has 51 heavy (non-hydrogen) atoms. The number of likely N-dealkylation sites (tertiary alicyclic amines) is 1. The summed E-state index contributed by atoms with van der Waals surface area (Å²) in [4.78, 5) is 36.6. The number of benzene rings is 3. The molecular weight excluding hydrogens is 648 g/mol. The lowest BCUT2D eigenvalue weighted by Crippen LogP contribution is -2.38. The number of likely N-dealkylation sites (N-methyl/N-ethyl adjacent to an activating group) is 1. The van der Waals surface area contributed by atoms with E-state index in [4.69, 9.17) is 28.3 Å². The number of hydrogen-bond donors (Lipinski definition) is 0. The molecule has 1 amide bonds. The van der Waals surface area contributed by atoms with Crippen molar-refractivity contribution < 1.29 is 33.0 Å². The Balaban J connectivity index is 1.12. The summed E-state index contributed by atoms with van der Waals surface area (Å²) in [5.41, 5.74) is 3.31. The normalized spacial score (nSPS) is 14.3. The van der Waals surface area contributed by atoms with Gasteiger partial charge in [0.2, 0.25) is 11.5 Å². The van der Waals surface area contributed by atoms with E-state index in [1.54, 1.807) is 30.4 Å². The molecule has 268 valence electrons. The molecule has 3 heterocycles. The predicted octanol–water partition coefficient (Wildman–Crippen LogP) is 6.55. The number of Topliss-reactive ketones (excluding diaryl/α,β-unsaturated/α-hetero) is 1. The highest BCUT2D eigenvalue weighted by Crippen LogP contribution is 2.38. The molecular formula is C40H46N4O7. The summed E-state index contributed by atoms with van der Waals surface area (Å²) < 4.78 is 29.4. The monoisotopic (exact) mass is 694 g/mol. The molecule has 6 rings (SSSR count). The number of para-hydroxylation sites is 2. The number of hydrogen-bond acceptors (Lipinski definition) is 9. The van der Waals surface area contributed by atoms with E-state index in [0.717, 1.165) is 67.0 Å². The Hall–Kier alpha value is -5.29. The van der Waals surface area contributed by atoms with Crippen LogP contribution in [0, 0.1) is 5.92 Å². The molecule has 0 saturated carbocycles. The van der Waals surface area contributed by atoms with Gasteiger partial charge in [-0.15, -0.1) is 0 Å². The first-order valence-electron chi connectivity index (χ1n) is 17.3. The van der Waals surface area contributed by atoms with Gasteiger partial charge in [-0.05, 0) is 93.0 Å². The number of ether oxygens (including phenoxy) is 4. The number of methoxy groups -OCH3 is 4. The average Bonchev–Trinajstić information content (AvgIpc) is 3.83. The first kappa shape index (κ1) is 35.5. The van der Waals surface area contributed by atoms with E-state index in [1.807, 2.05) is 60.1 Å². The largest absolute Gasteiger partial charge is 0.497 e. The number of ketones is 1. The zero-order valence-corrected chi connectivity index (χ0v) is 30.0. The molecule has 3 aromatic carbocycles. The van der Waals surface area contributed by atoms with Crippen molar-refractivity contribution in [2.24, 2.45) is 5.92 Å². The van der Waals surface area contributed by atoms with Gasteiger partial charge < -0.3 is 37.7 Å². The minimum Gasteiger partial charge on any atom is -0.497 e. The standard InChI is InChI=1S/C40H46N4O7/c1-42(40(46)30-23-35(48-3)38(50-5)36(24-30)49-4)25-29(27-12-14-31(47-2)15-13-27)18-21-43-19-16-28(17-20-43)37(45)39-41-33-10-6-7-11-34(33)44(39)26-32-9-8-22-51-32/h6-15,22-24,28-29H,16-21,25-26H2,1-5H3. The molecule has 1 atom stereocenters. The van der Waals surface area contributed by atoms with Crippen LogP contribution in [-0.2, 0) is 6.54 Å². The Morgan fingerprint density at radius 1 is 0.902 bits per heavy atom. The van der Waals surface area contributed by atoms with Gasteiger partial charge in [0.1, 0.15) is 11.5 Å². The number of imidazole rings is 1. The Labute approximate surface area is 298 Å². The smallest absolute Gasteiger partial charge is 0.253 e. The van der Waals surface area contributed by atoms with E-state index in [0.29, 0.717) is 41.7 Å². The number of piperidine rings is 1. The maximum atomic E-state index is 13.9. The van der Waals surface area contributed by atoms with Crippen molar-refractivity contribution in [3.63, 3.8) is 0 Å². The zero-order valence-electron chi connectivity index (χ0n) is 30.0. The Kier molecular flexibility index (Phi) is 11.3. The molecule has 0 radical (unpaired) electrons. The van der Waals surface area contributed by atoms with Crippen LogP contribution in [-0.4, -0.2) is 92.7 Å². The van der Waals surface area contributed by atoms with Gasteiger partial charge in [0.15, 0.2) is 17.3 Å². The molecule has 1 saturated heterocycles. The summed E-state index contributed by atoms with van der Waals surface area (Å²) in [5, 5.41) is 0. The van der Waals surface area contributed by atoms with Gasteiger partial charge in [-0.3, -0.25) is 9.59 Å². The first-order chi connectivity index (χ1) is 24.8. The fraction of sp³-hybridized carbons (Fsp3) is 0.375. The molecule has 1 unspecified atom stereocenters. The fourth-order valence-electron chi connectivity index (χ4n) is 7.00. The van der Waals surface area contributed by atoms with Crippen molar-refractivity contribution in [1.82, 2.24) is 19.4 Å². The van der Waals surface area contributed by atoms with Crippen LogP contribution in [0.1, 0.15) is 57.5 Å². The van der Waals surface area contributed by atoms with E-state index >= 15 is 0 Å². The fourth-order valence-corrected chi connectivity index (χ4v) is 7.00. The number of fused-ring (bicyclic) bond motifs is 1. The van der Waals surface area contributed by atoms with Gasteiger partial charge in [0.05, 0.1) is 52.3 Å². The van der Waals surface area contributed by atoms with Gasteiger partial charge >= 0.3 is 0 Å².